The molecule has 0 radical (unpaired) electrons. The molecule has 0 aliphatic rings. The number of rotatable bonds is 84. The number of hydrogen-bond donors (Lipinski definition) is 3. The van der Waals surface area contributed by atoms with Gasteiger partial charge in [0.15, 0.2) is 12.2 Å². The Labute approximate surface area is 637 Å². The van der Waals surface area contributed by atoms with Crippen molar-refractivity contribution in [3.63, 3.8) is 0 Å². The lowest BCUT2D eigenvalue weighted by atomic mass is 10.0. The standard InChI is InChI=1S/C85H162O17P2/c1-5-9-13-17-21-25-29-32-35-37-38-39-40-41-43-46-49-52-56-60-64-68-72-85(90)102-81(76-96-83(88)70-66-62-58-54-50-47-45-42-36-33-30-26-22-18-14-10-6-2)78-100-104(93,94)98-74-79(86)73-97-103(91,92)99-77-80(75-95-82(87)69-65-61-57-53-28-24-20-16-12-8-4)101-84(89)71-67-63-59-55-51-48-44-34-31-27-23-19-15-11-7-3/h27,31,34,44,79-81,86H,5-26,28-30,32-33,35-43,45-78H2,1-4H3,(H,91,92)(H,93,94)/b31-27-,44-34-/t79-,80+,81+/m0/s1. The van der Waals surface area contributed by atoms with E-state index in [-0.39, 0.29) is 25.7 Å². The van der Waals surface area contributed by atoms with Crippen LogP contribution in [-0.4, -0.2) is 96.7 Å². The van der Waals surface area contributed by atoms with Gasteiger partial charge in [0.25, 0.3) is 0 Å². The molecule has 0 saturated carbocycles. The van der Waals surface area contributed by atoms with Gasteiger partial charge in [0, 0.05) is 25.7 Å². The van der Waals surface area contributed by atoms with Gasteiger partial charge in [-0.1, -0.05) is 386 Å². The molecular weight excluding hydrogens is 1350 g/mol. The fourth-order valence-corrected chi connectivity index (χ4v) is 14.4. The third-order valence-electron chi connectivity index (χ3n) is 19.5. The molecule has 3 N–H and O–H groups in total. The minimum absolute atomic E-state index is 0.0858. The van der Waals surface area contributed by atoms with Gasteiger partial charge in [-0.3, -0.25) is 37.3 Å². The van der Waals surface area contributed by atoms with Crippen molar-refractivity contribution in [3.8, 4) is 0 Å². The Morgan fingerprint density at radius 1 is 0.269 bits per heavy atom. The topological polar surface area (TPSA) is 237 Å². The lowest BCUT2D eigenvalue weighted by molar-refractivity contribution is -0.161. The summed E-state index contributed by atoms with van der Waals surface area (Å²) in [5.74, 6) is -2.13. The number of phosphoric ester groups is 2. The zero-order valence-corrected chi connectivity index (χ0v) is 69.3. The van der Waals surface area contributed by atoms with E-state index < -0.39 is 97.5 Å². The maximum atomic E-state index is 13.1. The van der Waals surface area contributed by atoms with Crippen molar-refractivity contribution in [3.05, 3.63) is 24.3 Å². The minimum Gasteiger partial charge on any atom is -0.462 e. The van der Waals surface area contributed by atoms with Crippen molar-refractivity contribution in [2.45, 2.75) is 457 Å². The second kappa shape index (κ2) is 78.7. The highest BCUT2D eigenvalue weighted by atomic mass is 31.2. The molecule has 0 spiro atoms. The van der Waals surface area contributed by atoms with E-state index in [1.165, 1.54) is 257 Å². The third kappa shape index (κ3) is 77.7. The van der Waals surface area contributed by atoms with Crippen LogP contribution in [-0.2, 0) is 65.4 Å². The summed E-state index contributed by atoms with van der Waals surface area (Å²) in [6, 6.07) is 0. The largest absolute Gasteiger partial charge is 0.472 e. The molecule has 0 aliphatic heterocycles. The van der Waals surface area contributed by atoms with Gasteiger partial charge in [-0.05, 0) is 51.4 Å². The summed E-state index contributed by atoms with van der Waals surface area (Å²) in [5.41, 5.74) is 0. The Morgan fingerprint density at radius 3 is 0.702 bits per heavy atom. The summed E-state index contributed by atoms with van der Waals surface area (Å²) >= 11 is 0. The number of carbonyl (C=O) groups is 4. The van der Waals surface area contributed by atoms with Crippen LogP contribution in [0.25, 0.3) is 0 Å². The van der Waals surface area contributed by atoms with Crippen LogP contribution in [0.2, 0.25) is 0 Å². The highest BCUT2D eigenvalue weighted by Crippen LogP contribution is 2.45. The highest BCUT2D eigenvalue weighted by Gasteiger charge is 2.30. The van der Waals surface area contributed by atoms with E-state index in [2.05, 4.69) is 52.0 Å². The average Bonchev–Trinajstić information content (AvgIpc) is 1.22. The van der Waals surface area contributed by atoms with Crippen LogP contribution in [0, 0.1) is 0 Å². The van der Waals surface area contributed by atoms with E-state index in [0.717, 1.165) is 103 Å². The third-order valence-corrected chi connectivity index (χ3v) is 21.4. The highest BCUT2D eigenvalue weighted by molar-refractivity contribution is 7.47. The van der Waals surface area contributed by atoms with Crippen LogP contribution in [0.3, 0.4) is 0 Å². The number of esters is 4. The van der Waals surface area contributed by atoms with E-state index in [1.54, 1.807) is 0 Å². The Morgan fingerprint density at radius 2 is 0.462 bits per heavy atom. The van der Waals surface area contributed by atoms with Gasteiger partial charge in [0.1, 0.15) is 19.3 Å². The first-order valence-electron chi connectivity index (χ1n) is 43.6. The number of allylic oxidation sites excluding steroid dienone is 4. The van der Waals surface area contributed by atoms with Crippen LogP contribution < -0.4 is 0 Å². The number of carbonyl (C=O) groups excluding carboxylic acids is 4. The molecular formula is C85H162O17P2. The summed E-state index contributed by atoms with van der Waals surface area (Å²) < 4.78 is 68.8. The maximum absolute atomic E-state index is 13.1. The number of hydrogen-bond acceptors (Lipinski definition) is 15. The molecule has 2 unspecified atom stereocenters. The van der Waals surface area contributed by atoms with Crippen LogP contribution in [0.4, 0.5) is 0 Å². The second-order valence-electron chi connectivity index (χ2n) is 29.9. The normalized spacial score (nSPS) is 13.9. The average molecular weight is 1520 g/mol. The Balaban J connectivity index is 5.24. The van der Waals surface area contributed by atoms with E-state index in [0.29, 0.717) is 25.7 Å². The van der Waals surface area contributed by atoms with E-state index in [9.17, 15) is 43.2 Å². The predicted molar refractivity (Wildman–Crippen MR) is 428 cm³/mol. The molecule has 0 rings (SSSR count). The fraction of sp³-hybridized carbons (Fsp3) is 0.906. The van der Waals surface area contributed by atoms with E-state index in [1.807, 2.05) is 0 Å². The molecule has 0 amide bonds. The molecule has 0 heterocycles. The van der Waals surface area contributed by atoms with Crippen LogP contribution in [0.1, 0.15) is 439 Å². The number of aliphatic hydroxyl groups is 1. The van der Waals surface area contributed by atoms with E-state index in [4.69, 9.17) is 37.0 Å². The first kappa shape index (κ1) is 102. The predicted octanol–water partition coefficient (Wildman–Crippen LogP) is 25.7. The van der Waals surface area contributed by atoms with Crippen molar-refractivity contribution in [1.82, 2.24) is 0 Å². The number of aliphatic hydroxyl groups excluding tert-OH is 1. The zero-order chi connectivity index (χ0) is 76.0. The maximum Gasteiger partial charge on any atom is 0.472 e. The summed E-state index contributed by atoms with van der Waals surface area (Å²) in [6.45, 7) is 4.97. The number of unbranched alkanes of at least 4 members (excludes halogenated alkanes) is 55. The molecule has 19 heteroatoms. The van der Waals surface area contributed by atoms with Gasteiger partial charge in [-0.25, -0.2) is 9.13 Å². The summed E-state index contributed by atoms with van der Waals surface area (Å²) in [5, 5.41) is 10.7. The van der Waals surface area contributed by atoms with Gasteiger partial charge < -0.3 is 33.8 Å². The van der Waals surface area contributed by atoms with Crippen molar-refractivity contribution in [2.75, 3.05) is 39.6 Å². The van der Waals surface area contributed by atoms with Crippen molar-refractivity contribution >= 4 is 39.5 Å². The van der Waals surface area contributed by atoms with Gasteiger partial charge >= 0.3 is 39.5 Å². The summed E-state index contributed by atoms with van der Waals surface area (Å²) in [7, 11) is -9.93. The molecule has 17 nitrogen and oxygen atoms in total. The molecule has 5 atom stereocenters. The van der Waals surface area contributed by atoms with Gasteiger partial charge in [-0.15, -0.1) is 0 Å². The Hall–Kier alpha value is -2.46. The Kier molecular flexibility index (Phi) is 76.8. The SMILES string of the molecule is CCCCCC/C=C\C=C/CCCCCCCC(=O)O[C@H](COC(=O)CCCCCCCCCCCC)COP(=O)(O)OC[C@H](O)COP(=O)(O)OC[C@@H](COC(=O)CCCCCCCCCCCCCCCCCCC)OC(=O)CCCCCCCCCCCCCCCCCCCCCCCC. The first-order chi connectivity index (χ1) is 50.7. The fourth-order valence-electron chi connectivity index (χ4n) is 12.8. The molecule has 0 fully saturated rings. The molecule has 0 aromatic heterocycles. The van der Waals surface area contributed by atoms with Crippen molar-refractivity contribution in [2.24, 2.45) is 0 Å². The van der Waals surface area contributed by atoms with Crippen molar-refractivity contribution in [1.29, 1.82) is 0 Å². The van der Waals surface area contributed by atoms with Gasteiger partial charge in [-0.2, -0.15) is 0 Å². The Bertz CT molecular complexity index is 2060. The number of phosphoric acid groups is 2. The molecule has 0 aliphatic carbocycles. The molecule has 104 heavy (non-hydrogen) atoms. The van der Waals surface area contributed by atoms with Gasteiger partial charge in [0.05, 0.1) is 26.4 Å². The smallest absolute Gasteiger partial charge is 0.462 e. The second-order valence-corrected chi connectivity index (χ2v) is 32.8. The minimum atomic E-state index is -4.97. The van der Waals surface area contributed by atoms with E-state index >= 15 is 0 Å². The molecule has 0 aromatic rings. The van der Waals surface area contributed by atoms with Crippen LogP contribution in [0.15, 0.2) is 24.3 Å². The molecule has 0 bridgehead atoms. The van der Waals surface area contributed by atoms with Crippen molar-refractivity contribution < 1.29 is 80.2 Å². The molecule has 0 aromatic carbocycles. The van der Waals surface area contributed by atoms with Crippen LogP contribution in [0.5, 0.6) is 0 Å². The van der Waals surface area contributed by atoms with Gasteiger partial charge in [0.2, 0.25) is 0 Å². The number of ether oxygens (including phenoxy) is 4. The lowest BCUT2D eigenvalue weighted by Gasteiger charge is -2.21. The summed E-state index contributed by atoms with van der Waals surface area (Å²) in [4.78, 5) is 73.1. The summed E-state index contributed by atoms with van der Waals surface area (Å²) in [6.07, 6.45) is 75.8. The first-order valence-corrected chi connectivity index (χ1v) is 46.6. The van der Waals surface area contributed by atoms with Crippen LogP contribution >= 0.6 is 15.6 Å². The molecule has 0 saturated heterocycles. The molecule has 614 valence electrons. The monoisotopic (exact) mass is 1520 g/mol. The lowest BCUT2D eigenvalue weighted by Crippen LogP contribution is -2.30. The zero-order valence-electron chi connectivity index (χ0n) is 67.5. The quantitative estimate of drug-likeness (QED) is 0.0169.